The molecule has 1 N–H and O–H groups in total. The predicted octanol–water partition coefficient (Wildman–Crippen LogP) is 3.54. The zero-order chi connectivity index (χ0) is 13.7. The molecule has 1 aromatic carbocycles. The van der Waals surface area contributed by atoms with Crippen LogP contribution in [0, 0.1) is 0 Å². The van der Waals surface area contributed by atoms with Gasteiger partial charge in [0.1, 0.15) is 0 Å². The van der Waals surface area contributed by atoms with Gasteiger partial charge in [0.2, 0.25) is 0 Å². The molecule has 0 spiro atoms. The molecule has 2 rings (SSSR count). The highest BCUT2D eigenvalue weighted by atomic mass is 79.9. The van der Waals surface area contributed by atoms with Gasteiger partial charge < -0.3 is 14.8 Å². The average molecular weight is 328 g/mol. The van der Waals surface area contributed by atoms with E-state index in [4.69, 9.17) is 9.47 Å². The third kappa shape index (κ3) is 3.86. The molecule has 3 nitrogen and oxygen atoms in total. The summed E-state index contributed by atoms with van der Waals surface area (Å²) in [6.07, 6.45) is 6.17. The van der Waals surface area contributed by atoms with Gasteiger partial charge in [-0.25, -0.2) is 0 Å². The van der Waals surface area contributed by atoms with Gasteiger partial charge in [0.15, 0.2) is 11.5 Å². The van der Waals surface area contributed by atoms with Gasteiger partial charge in [-0.05, 0) is 63.4 Å². The highest BCUT2D eigenvalue weighted by Crippen LogP contribution is 2.36. The average Bonchev–Trinajstić information content (AvgIpc) is 2.91. The van der Waals surface area contributed by atoms with E-state index in [0.29, 0.717) is 6.10 Å². The molecule has 0 radical (unpaired) electrons. The number of likely N-dealkylation sites (N-methyl/N-ethyl adjacent to an activating group) is 1. The number of rotatable bonds is 6. The molecule has 0 atom stereocenters. The normalized spacial score (nSPS) is 15.7. The summed E-state index contributed by atoms with van der Waals surface area (Å²) in [4.78, 5) is 0. The minimum atomic E-state index is 0.351. The van der Waals surface area contributed by atoms with E-state index in [1.165, 1.54) is 18.4 Å². The lowest BCUT2D eigenvalue weighted by Crippen LogP contribution is -2.13. The molecular formula is C15H22BrNO2. The zero-order valence-electron chi connectivity index (χ0n) is 11.7. The van der Waals surface area contributed by atoms with Crippen LogP contribution in [0.4, 0.5) is 0 Å². The van der Waals surface area contributed by atoms with Gasteiger partial charge in [-0.15, -0.1) is 0 Å². The molecule has 1 fully saturated rings. The number of nitrogens with one attached hydrogen (secondary N) is 1. The molecule has 0 saturated heterocycles. The first-order chi connectivity index (χ1) is 9.24. The van der Waals surface area contributed by atoms with Crippen molar-refractivity contribution in [1.29, 1.82) is 0 Å². The van der Waals surface area contributed by atoms with Crippen molar-refractivity contribution in [3.8, 4) is 11.5 Å². The summed E-state index contributed by atoms with van der Waals surface area (Å²) in [6, 6.07) is 4.12. The molecule has 19 heavy (non-hydrogen) atoms. The first kappa shape index (κ1) is 14.7. The lowest BCUT2D eigenvalue weighted by atomic mass is 10.1. The Hall–Kier alpha value is -0.740. The summed E-state index contributed by atoms with van der Waals surface area (Å²) in [5.41, 5.74) is 1.24. The van der Waals surface area contributed by atoms with Crippen molar-refractivity contribution >= 4 is 15.9 Å². The van der Waals surface area contributed by atoms with Crippen molar-refractivity contribution in [1.82, 2.24) is 5.32 Å². The maximum atomic E-state index is 6.07. The van der Waals surface area contributed by atoms with Gasteiger partial charge in [0.05, 0.1) is 13.2 Å². The van der Waals surface area contributed by atoms with Crippen LogP contribution >= 0.6 is 15.9 Å². The second kappa shape index (κ2) is 7.15. The van der Waals surface area contributed by atoms with Gasteiger partial charge in [-0.2, -0.15) is 0 Å². The van der Waals surface area contributed by atoms with Crippen LogP contribution in [-0.4, -0.2) is 26.8 Å². The molecule has 0 bridgehead atoms. The minimum Gasteiger partial charge on any atom is -0.493 e. The standard InChI is InChI=1S/C15H22BrNO2/c1-17-8-7-11-9-14(18-2)15(10-13(11)16)19-12-5-3-4-6-12/h9-10,12,17H,3-8H2,1-2H3. The van der Waals surface area contributed by atoms with Crippen molar-refractivity contribution < 1.29 is 9.47 Å². The van der Waals surface area contributed by atoms with Crippen LogP contribution in [-0.2, 0) is 6.42 Å². The third-order valence-corrected chi connectivity index (χ3v) is 4.31. The molecule has 4 heteroatoms. The van der Waals surface area contributed by atoms with E-state index in [1.54, 1.807) is 7.11 Å². The number of hydrogen-bond donors (Lipinski definition) is 1. The number of hydrogen-bond acceptors (Lipinski definition) is 3. The molecule has 1 aliphatic carbocycles. The monoisotopic (exact) mass is 327 g/mol. The summed E-state index contributed by atoms with van der Waals surface area (Å²) >= 11 is 3.63. The summed E-state index contributed by atoms with van der Waals surface area (Å²) < 4.78 is 12.6. The molecule has 0 unspecified atom stereocenters. The Bertz CT molecular complexity index is 417. The fourth-order valence-electron chi connectivity index (χ4n) is 2.47. The Kier molecular flexibility index (Phi) is 5.52. The summed E-state index contributed by atoms with van der Waals surface area (Å²) in [7, 11) is 3.66. The Labute approximate surface area is 123 Å². The minimum absolute atomic E-state index is 0.351. The summed E-state index contributed by atoms with van der Waals surface area (Å²) in [5, 5.41) is 3.16. The van der Waals surface area contributed by atoms with Crippen molar-refractivity contribution in [2.45, 2.75) is 38.2 Å². The Morgan fingerprint density at radius 2 is 2.00 bits per heavy atom. The highest BCUT2D eigenvalue weighted by molar-refractivity contribution is 9.10. The maximum Gasteiger partial charge on any atom is 0.162 e. The van der Waals surface area contributed by atoms with Crippen molar-refractivity contribution in [3.63, 3.8) is 0 Å². The van der Waals surface area contributed by atoms with Crippen LogP contribution < -0.4 is 14.8 Å². The lowest BCUT2D eigenvalue weighted by Gasteiger charge is -2.17. The highest BCUT2D eigenvalue weighted by Gasteiger charge is 2.19. The molecular weight excluding hydrogens is 306 g/mol. The SMILES string of the molecule is CNCCc1cc(OC)c(OC2CCCC2)cc1Br. The number of benzene rings is 1. The fourth-order valence-corrected chi connectivity index (χ4v) is 2.99. The van der Waals surface area contributed by atoms with Crippen LogP contribution in [0.5, 0.6) is 11.5 Å². The third-order valence-electron chi connectivity index (χ3n) is 3.57. The largest absolute Gasteiger partial charge is 0.493 e. The number of methoxy groups -OCH3 is 1. The van der Waals surface area contributed by atoms with Crippen molar-refractivity contribution in [2.24, 2.45) is 0 Å². The Balaban J connectivity index is 2.15. The molecule has 0 aliphatic heterocycles. The van der Waals surface area contributed by atoms with Gasteiger partial charge in [0.25, 0.3) is 0 Å². The van der Waals surface area contributed by atoms with E-state index in [-0.39, 0.29) is 0 Å². The second-order valence-electron chi connectivity index (χ2n) is 4.97. The molecule has 1 saturated carbocycles. The van der Waals surface area contributed by atoms with Gasteiger partial charge >= 0.3 is 0 Å². The van der Waals surface area contributed by atoms with E-state index < -0.39 is 0 Å². The van der Waals surface area contributed by atoms with E-state index in [1.807, 2.05) is 13.1 Å². The predicted molar refractivity (Wildman–Crippen MR) is 81.2 cm³/mol. The van der Waals surface area contributed by atoms with Crippen LogP contribution in [0.3, 0.4) is 0 Å². The molecule has 1 aromatic rings. The quantitative estimate of drug-likeness (QED) is 0.866. The van der Waals surface area contributed by atoms with Gasteiger partial charge in [-0.3, -0.25) is 0 Å². The first-order valence-corrected chi connectivity index (χ1v) is 7.71. The summed E-state index contributed by atoms with van der Waals surface area (Å²) in [6.45, 7) is 0.949. The molecule has 106 valence electrons. The van der Waals surface area contributed by atoms with Crippen LogP contribution in [0.15, 0.2) is 16.6 Å². The van der Waals surface area contributed by atoms with E-state index in [2.05, 4.69) is 27.3 Å². The zero-order valence-corrected chi connectivity index (χ0v) is 13.3. The van der Waals surface area contributed by atoms with E-state index in [9.17, 15) is 0 Å². The van der Waals surface area contributed by atoms with Crippen molar-refractivity contribution in [2.75, 3.05) is 20.7 Å². The lowest BCUT2D eigenvalue weighted by molar-refractivity contribution is 0.200. The smallest absolute Gasteiger partial charge is 0.162 e. The van der Waals surface area contributed by atoms with Crippen LogP contribution in [0.25, 0.3) is 0 Å². The number of ether oxygens (including phenoxy) is 2. The molecule has 0 amide bonds. The Morgan fingerprint density at radius 1 is 1.26 bits per heavy atom. The summed E-state index contributed by atoms with van der Waals surface area (Å²) in [5.74, 6) is 1.69. The van der Waals surface area contributed by atoms with Crippen molar-refractivity contribution in [3.05, 3.63) is 22.2 Å². The topological polar surface area (TPSA) is 30.5 Å². The van der Waals surface area contributed by atoms with Gasteiger partial charge in [0, 0.05) is 4.47 Å². The Morgan fingerprint density at radius 3 is 2.63 bits per heavy atom. The van der Waals surface area contributed by atoms with Crippen LogP contribution in [0.2, 0.25) is 0 Å². The van der Waals surface area contributed by atoms with Crippen LogP contribution in [0.1, 0.15) is 31.2 Å². The molecule has 0 heterocycles. The fraction of sp³-hybridized carbons (Fsp3) is 0.600. The number of halogens is 1. The molecule has 1 aliphatic rings. The molecule has 0 aromatic heterocycles. The second-order valence-corrected chi connectivity index (χ2v) is 5.83. The van der Waals surface area contributed by atoms with E-state index in [0.717, 1.165) is 41.8 Å². The van der Waals surface area contributed by atoms with E-state index >= 15 is 0 Å². The van der Waals surface area contributed by atoms with Gasteiger partial charge in [-0.1, -0.05) is 15.9 Å². The maximum absolute atomic E-state index is 6.07. The first-order valence-electron chi connectivity index (χ1n) is 6.92.